The van der Waals surface area contributed by atoms with Crippen LogP contribution in [0.3, 0.4) is 0 Å². The van der Waals surface area contributed by atoms with E-state index in [-0.39, 0.29) is 24.2 Å². The molecule has 0 saturated carbocycles. The second-order valence-electron chi connectivity index (χ2n) is 8.49. The lowest BCUT2D eigenvalue weighted by Gasteiger charge is -2.31. The van der Waals surface area contributed by atoms with Gasteiger partial charge in [0.1, 0.15) is 18.4 Å². The number of likely N-dealkylation sites (tertiary alicyclic amines) is 2. The van der Waals surface area contributed by atoms with Gasteiger partial charge in [0.15, 0.2) is 5.78 Å². The van der Waals surface area contributed by atoms with Crippen LogP contribution in [0, 0.1) is 0 Å². The van der Waals surface area contributed by atoms with E-state index in [1.807, 2.05) is 60.7 Å². The average Bonchev–Trinajstić information content (AvgIpc) is 3.52. The summed E-state index contributed by atoms with van der Waals surface area (Å²) in [6.45, 7) is 1.11. The number of benzene rings is 2. The summed E-state index contributed by atoms with van der Waals surface area (Å²) in [5.74, 6) is 0.479. The minimum absolute atomic E-state index is 0.0131. The maximum atomic E-state index is 13.4. The van der Waals surface area contributed by atoms with Crippen molar-refractivity contribution in [2.24, 2.45) is 0 Å². The van der Waals surface area contributed by atoms with Gasteiger partial charge in [-0.1, -0.05) is 48.5 Å². The van der Waals surface area contributed by atoms with Crippen molar-refractivity contribution in [3.05, 3.63) is 66.2 Å². The number of ether oxygens (including phenoxy) is 1. The fraction of sp³-hybridized carbons (Fsp3) is 0.423. The van der Waals surface area contributed by atoms with E-state index in [9.17, 15) is 14.4 Å². The molecule has 32 heavy (non-hydrogen) atoms. The molecule has 168 valence electrons. The zero-order chi connectivity index (χ0) is 22.3. The molecule has 2 heterocycles. The molecule has 2 aromatic carbocycles. The molecule has 2 atom stereocenters. The van der Waals surface area contributed by atoms with Crippen molar-refractivity contribution in [3.8, 4) is 5.75 Å². The molecular weight excluding hydrogens is 404 g/mol. The summed E-state index contributed by atoms with van der Waals surface area (Å²) in [7, 11) is 0. The van der Waals surface area contributed by atoms with Crippen LogP contribution in [0.4, 0.5) is 0 Å². The first-order chi connectivity index (χ1) is 15.6. The van der Waals surface area contributed by atoms with Crippen LogP contribution in [0.5, 0.6) is 5.75 Å². The van der Waals surface area contributed by atoms with Crippen LogP contribution >= 0.6 is 0 Å². The van der Waals surface area contributed by atoms with Gasteiger partial charge >= 0.3 is 0 Å². The Morgan fingerprint density at radius 2 is 1.44 bits per heavy atom. The molecule has 2 aliphatic heterocycles. The Balaban J connectivity index is 1.35. The van der Waals surface area contributed by atoms with Crippen molar-refractivity contribution in [1.82, 2.24) is 9.80 Å². The summed E-state index contributed by atoms with van der Waals surface area (Å²) in [4.78, 5) is 42.5. The lowest BCUT2D eigenvalue weighted by Crippen LogP contribution is -2.51. The van der Waals surface area contributed by atoms with Gasteiger partial charge in [0.25, 0.3) is 0 Å². The monoisotopic (exact) mass is 434 g/mol. The molecular formula is C26H30N2O4. The molecule has 6 nitrogen and oxygen atoms in total. The zero-order valence-corrected chi connectivity index (χ0v) is 18.3. The average molecular weight is 435 g/mol. The van der Waals surface area contributed by atoms with Gasteiger partial charge in [-0.05, 0) is 49.8 Å². The Hall–Kier alpha value is -3.15. The molecule has 0 N–H and O–H groups in total. The van der Waals surface area contributed by atoms with Gasteiger partial charge in [0.2, 0.25) is 11.8 Å². The van der Waals surface area contributed by atoms with E-state index >= 15 is 0 Å². The molecule has 2 amide bonds. The van der Waals surface area contributed by atoms with E-state index < -0.39 is 12.1 Å². The van der Waals surface area contributed by atoms with Crippen LogP contribution in [0.2, 0.25) is 0 Å². The van der Waals surface area contributed by atoms with E-state index in [1.54, 1.807) is 9.80 Å². The molecule has 0 aliphatic carbocycles. The van der Waals surface area contributed by atoms with Gasteiger partial charge in [-0.3, -0.25) is 14.4 Å². The van der Waals surface area contributed by atoms with Crippen LogP contribution < -0.4 is 4.74 Å². The summed E-state index contributed by atoms with van der Waals surface area (Å²) in [5, 5.41) is 0. The first-order valence-corrected chi connectivity index (χ1v) is 11.5. The largest absolute Gasteiger partial charge is 0.486 e. The Bertz CT molecular complexity index is 856. The second kappa shape index (κ2) is 10.4. The fourth-order valence-electron chi connectivity index (χ4n) is 4.69. The third kappa shape index (κ3) is 5.18. The lowest BCUT2D eigenvalue weighted by atomic mass is 10.1. The maximum Gasteiger partial charge on any atom is 0.245 e. The summed E-state index contributed by atoms with van der Waals surface area (Å²) in [6.07, 6.45) is 3.98. The van der Waals surface area contributed by atoms with Crippen molar-refractivity contribution in [2.75, 3.05) is 19.7 Å². The topological polar surface area (TPSA) is 66.9 Å². The maximum absolute atomic E-state index is 13.4. The molecule has 2 aliphatic rings. The van der Waals surface area contributed by atoms with Crippen LogP contribution in [-0.4, -0.2) is 59.2 Å². The number of rotatable bonds is 8. The Morgan fingerprint density at radius 1 is 0.812 bits per heavy atom. The van der Waals surface area contributed by atoms with E-state index in [2.05, 4.69) is 0 Å². The Morgan fingerprint density at radius 3 is 2.16 bits per heavy atom. The number of hydrogen-bond donors (Lipinski definition) is 0. The van der Waals surface area contributed by atoms with Gasteiger partial charge < -0.3 is 14.5 Å². The van der Waals surface area contributed by atoms with Crippen molar-refractivity contribution in [2.45, 2.75) is 50.6 Å². The van der Waals surface area contributed by atoms with E-state index in [0.29, 0.717) is 44.5 Å². The molecule has 2 fully saturated rings. The van der Waals surface area contributed by atoms with Crippen molar-refractivity contribution >= 4 is 17.6 Å². The lowest BCUT2D eigenvalue weighted by molar-refractivity contribution is -0.146. The van der Waals surface area contributed by atoms with Crippen LogP contribution in [0.25, 0.3) is 0 Å². The normalized spacial score (nSPS) is 20.4. The van der Waals surface area contributed by atoms with Gasteiger partial charge in [0, 0.05) is 19.5 Å². The summed E-state index contributed by atoms with van der Waals surface area (Å²) in [6, 6.07) is 18.2. The minimum atomic E-state index is -0.465. The van der Waals surface area contributed by atoms with Crippen LogP contribution in [-0.2, 0) is 20.8 Å². The van der Waals surface area contributed by atoms with Gasteiger partial charge in [0.05, 0.1) is 6.04 Å². The second-order valence-corrected chi connectivity index (χ2v) is 8.49. The first kappa shape index (κ1) is 22.1. The van der Waals surface area contributed by atoms with Crippen molar-refractivity contribution < 1.29 is 19.1 Å². The third-order valence-corrected chi connectivity index (χ3v) is 6.36. The summed E-state index contributed by atoms with van der Waals surface area (Å²) >= 11 is 0. The standard InChI is InChI=1S/C26H30N2O4/c29-24(19-32-21-11-5-2-6-12-21)22-13-7-18-28(22)26(31)23-14-8-17-27(23)25(30)16-15-20-9-3-1-4-10-20/h1-6,9-12,22-23H,7-8,13-19H2/t22-,23+/m0/s1. The predicted octanol–water partition coefficient (Wildman–Crippen LogP) is 3.25. The quantitative estimate of drug-likeness (QED) is 0.640. The number of ketones is 1. The molecule has 4 rings (SSSR count). The minimum Gasteiger partial charge on any atom is -0.486 e. The van der Waals surface area contributed by atoms with Crippen LogP contribution in [0.1, 0.15) is 37.7 Å². The third-order valence-electron chi connectivity index (χ3n) is 6.36. The van der Waals surface area contributed by atoms with Gasteiger partial charge in [-0.15, -0.1) is 0 Å². The first-order valence-electron chi connectivity index (χ1n) is 11.5. The van der Waals surface area contributed by atoms with Crippen LogP contribution in [0.15, 0.2) is 60.7 Å². The number of aryl methyl sites for hydroxylation is 1. The van der Waals surface area contributed by atoms with Crippen molar-refractivity contribution in [1.29, 1.82) is 0 Å². The molecule has 6 heteroatoms. The number of Topliss-reactive ketones (excluding diaryl/α,β-unsaturated/α-hetero) is 1. The number of nitrogens with zero attached hydrogens (tertiary/aromatic N) is 2. The molecule has 0 spiro atoms. The number of para-hydroxylation sites is 1. The number of carbonyl (C=O) groups is 3. The highest BCUT2D eigenvalue weighted by Crippen LogP contribution is 2.26. The van der Waals surface area contributed by atoms with E-state index in [4.69, 9.17) is 4.74 Å². The fourth-order valence-corrected chi connectivity index (χ4v) is 4.69. The highest BCUT2D eigenvalue weighted by Gasteiger charge is 2.41. The smallest absolute Gasteiger partial charge is 0.245 e. The highest BCUT2D eigenvalue weighted by atomic mass is 16.5. The molecule has 0 aromatic heterocycles. The summed E-state index contributed by atoms with van der Waals surface area (Å²) in [5.41, 5.74) is 1.12. The molecule has 0 unspecified atom stereocenters. The predicted molar refractivity (Wildman–Crippen MR) is 121 cm³/mol. The molecule has 0 bridgehead atoms. The summed E-state index contributed by atoms with van der Waals surface area (Å²) < 4.78 is 5.62. The molecule has 2 aromatic rings. The Labute approximate surface area is 189 Å². The van der Waals surface area contributed by atoms with E-state index in [0.717, 1.165) is 18.4 Å². The number of carbonyl (C=O) groups excluding carboxylic acids is 3. The van der Waals surface area contributed by atoms with Gasteiger partial charge in [-0.25, -0.2) is 0 Å². The molecule has 0 radical (unpaired) electrons. The van der Waals surface area contributed by atoms with Gasteiger partial charge in [-0.2, -0.15) is 0 Å². The van der Waals surface area contributed by atoms with Crippen molar-refractivity contribution in [3.63, 3.8) is 0 Å². The number of amides is 2. The zero-order valence-electron chi connectivity index (χ0n) is 18.3. The number of hydrogen-bond acceptors (Lipinski definition) is 4. The van der Waals surface area contributed by atoms with E-state index in [1.165, 1.54) is 0 Å². The SMILES string of the molecule is O=C(COc1ccccc1)[C@@H]1CCCN1C(=O)[C@H]1CCCN1C(=O)CCc1ccccc1. The highest BCUT2D eigenvalue weighted by molar-refractivity contribution is 5.94. The molecule has 2 saturated heterocycles. The Kier molecular flexibility index (Phi) is 7.20.